The molecule has 0 aliphatic carbocycles. The zero-order chi connectivity index (χ0) is 9.26. The maximum Gasteiger partial charge on any atom is 0.195 e. The fourth-order valence-electron chi connectivity index (χ4n) is 1.34. The second kappa shape index (κ2) is 3.08. The molecule has 0 saturated heterocycles. The second-order valence-corrected chi connectivity index (χ2v) is 3.13. The van der Waals surface area contributed by atoms with Gasteiger partial charge in [-0.15, -0.1) is 0 Å². The Hall–Kier alpha value is -1.52. The zero-order valence-electron chi connectivity index (χ0n) is 6.79. The van der Waals surface area contributed by atoms with Gasteiger partial charge in [0.05, 0.1) is 6.57 Å². The number of rotatable bonds is 0. The molecular formula is C11H6ClN. The number of hydrogen-bond acceptors (Lipinski definition) is 0. The van der Waals surface area contributed by atoms with E-state index in [9.17, 15) is 0 Å². The molecule has 2 rings (SSSR count). The van der Waals surface area contributed by atoms with E-state index >= 15 is 0 Å². The summed E-state index contributed by atoms with van der Waals surface area (Å²) in [4.78, 5) is 3.43. The number of benzene rings is 2. The van der Waals surface area contributed by atoms with E-state index in [1.807, 2.05) is 24.3 Å². The maximum absolute atomic E-state index is 6.98. The van der Waals surface area contributed by atoms with Crippen molar-refractivity contribution < 1.29 is 0 Å². The Bertz CT molecular complexity index is 497. The molecular weight excluding hydrogens is 182 g/mol. The highest BCUT2D eigenvalue weighted by atomic mass is 35.5. The minimum Gasteiger partial charge on any atom is -0.238 e. The highest BCUT2D eigenvalue weighted by Gasteiger charge is 2.02. The molecule has 0 fully saturated rings. The van der Waals surface area contributed by atoms with Crippen molar-refractivity contribution in [2.24, 2.45) is 0 Å². The van der Waals surface area contributed by atoms with Crippen molar-refractivity contribution in [2.45, 2.75) is 0 Å². The van der Waals surface area contributed by atoms with Gasteiger partial charge in [-0.3, -0.25) is 0 Å². The Morgan fingerprint density at radius 1 is 1.00 bits per heavy atom. The second-order valence-electron chi connectivity index (χ2n) is 2.72. The van der Waals surface area contributed by atoms with Crippen LogP contribution in [-0.4, -0.2) is 0 Å². The predicted octanol–water partition coefficient (Wildman–Crippen LogP) is 4.04. The number of halogens is 1. The van der Waals surface area contributed by atoms with Gasteiger partial charge in [-0.1, -0.05) is 48.0 Å². The summed E-state index contributed by atoms with van der Waals surface area (Å²) in [6, 6.07) is 11.2. The lowest BCUT2D eigenvalue weighted by molar-refractivity contribution is 1.75. The molecule has 2 heteroatoms. The van der Waals surface area contributed by atoms with E-state index in [-0.39, 0.29) is 0 Å². The lowest BCUT2D eigenvalue weighted by Crippen LogP contribution is -1.73. The highest BCUT2D eigenvalue weighted by molar-refractivity contribution is 6.36. The van der Waals surface area contributed by atoms with Crippen molar-refractivity contribution >= 4 is 28.1 Å². The summed E-state index contributed by atoms with van der Waals surface area (Å²) in [5.41, 5.74) is 0.653. The van der Waals surface area contributed by atoms with Crippen LogP contribution in [0.5, 0.6) is 0 Å². The van der Waals surface area contributed by atoms with Crippen molar-refractivity contribution in [3.05, 3.63) is 52.8 Å². The molecule has 1 nitrogen and oxygen atoms in total. The molecule has 0 unspecified atom stereocenters. The quantitative estimate of drug-likeness (QED) is 0.549. The van der Waals surface area contributed by atoms with Gasteiger partial charge in [-0.25, -0.2) is 4.85 Å². The van der Waals surface area contributed by atoms with Gasteiger partial charge in [0, 0.05) is 5.02 Å². The number of nitrogens with zero attached hydrogens (tertiary/aromatic N) is 1. The molecule has 0 aliphatic heterocycles. The summed E-state index contributed by atoms with van der Waals surface area (Å²) in [5, 5.41) is 2.56. The molecule has 0 aromatic heterocycles. The van der Waals surface area contributed by atoms with Crippen molar-refractivity contribution in [3.8, 4) is 0 Å². The van der Waals surface area contributed by atoms with Crippen LogP contribution in [0.4, 0.5) is 5.69 Å². The van der Waals surface area contributed by atoms with E-state index in [1.54, 1.807) is 12.1 Å². The zero-order valence-corrected chi connectivity index (χ0v) is 7.55. The molecule has 2 aromatic rings. The van der Waals surface area contributed by atoms with Crippen molar-refractivity contribution in [2.75, 3.05) is 0 Å². The van der Waals surface area contributed by atoms with E-state index in [0.717, 1.165) is 10.8 Å². The van der Waals surface area contributed by atoms with Gasteiger partial charge >= 0.3 is 0 Å². The lowest BCUT2D eigenvalue weighted by Gasteiger charge is -2.01. The van der Waals surface area contributed by atoms with Gasteiger partial charge in [-0.2, -0.15) is 0 Å². The molecule has 62 valence electrons. The summed E-state index contributed by atoms with van der Waals surface area (Å²) in [6.07, 6.45) is 0. The SMILES string of the molecule is [C-]#[N+]c1ccc(Cl)c2ccccc12. The molecule has 0 amide bonds. The average molecular weight is 188 g/mol. The largest absolute Gasteiger partial charge is 0.238 e. The van der Waals surface area contributed by atoms with Crippen LogP contribution < -0.4 is 0 Å². The van der Waals surface area contributed by atoms with Crippen molar-refractivity contribution in [3.63, 3.8) is 0 Å². The Labute approximate surface area is 81.4 Å². The third-order valence-corrected chi connectivity index (χ3v) is 2.30. The van der Waals surface area contributed by atoms with Crippen LogP contribution in [0.15, 0.2) is 36.4 Å². The van der Waals surface area contributed by atoms with Crippen LogP contribution in [0.1, 0.15) is 0 Å². The van der Waals surface area contributed by atoms with Crippen LogP contribution in [0, 0.1) is 6.57 Å². The summed E-state index contributed by atoms with van der Waals surface area (Å²) in [5.74, 6) is 0. The molecule has 0 N–H and O–H groups in total. The van der Waals surface area contributed by atoms with Crippen LogP contribution >= 0.6 is 11.6 Å². The normalized spacial score (nSPS) is 9.85. The fourth-order valence-corrected chi connectivity index (χ4v) is 1.57. The van der Waals surface area contributed by atoms with Gasteiger partial charge in [0.1, 0.15) is 0 Å². The average Bonchev–Trinajstić information content (AvgIpc) is 2.19. The first-order chi connectivity index (χ1) is 6.33. The molecule has 0 bridgehead atoms. The molecule has 13 heavy (non-hydrogen) atoms. The minimum atomic E-state index is 0.653. The van der Waals surface area contributed by atoms with Gasteiger partial charge < -0.3 is 0 Å². The number of hydrogen-bond donors (Lipinski definition) is 0. The van der Waals surface area contributed by atoms with Gasteiger partial charge in [0.15, 0.2) is 5.69 Å². The minimum absolute atomic E-state index is 0.653. The van der Waals surface area contributed by atoms with Crippen LogP contribution in [0.2, 0.25) is 5.02 Å². The van der Waals surface area contributed by atoms with E-state index in [2.05, 4.69) is 4.85 Å². The van der Waals surface area contributed by atoms with Crippen molar-refractivity contribution in [1.82, 2.24) is 0 Å². The summed E-state index contributed by atoms with van der Waals surface area (Å²) >= 11 is 5.98. The van der Waals surface area contributed by atoms with E-state index in [0.29, 0.717) is 10.7 Å². The third kappa shape index (κ3) is 1.26. The van der Waals surface area contributed by atoms with Crippen LogP contribution in [-0.2, 0) is 0 Å². The Kier molecular flexibility index (Phi) is 1.92. The topological polar surface area (TPSA) is 4.36 Å². The van der Waals surface area contributed by atoms with Gasteiger partial charge in [0.2, 0.25) is 0 Å². The molecule has 0 saturated carbocycles. The predicted molar refractivity (Wildman–Crippen MR) is 55.2 cm³/mol. The summed E-state index contributed by atoms with van der Waals surface area (Å²) in [6.45, 7) is 6.98. The van der Waals surface area contributed by atoms with E-state index in [4.69, 9.17) is 18.2 Å². The molecule has 0 heterocycles. The Balaban J connectivity index is 2.95. The van der Waals surface area contributed by atoms with E-state index in [1.165, 1.54) is 0 Å². The fraction of sp³-hybridized carbons (Fsp3) is 0. The van der Waals surface area contributed by atoms with Gasteiger partial charge in [0.25, 0.3) is 0 Å². The van der Waals surface area contributed by atoms with Crippen LogP contribution in [0.3, 0.4) is 0 Å². The molecule has 0 radical (unpaired) electrons. The summed E-state index contributed by atoms with van der Waals surface area (Å²) in [7, 11) is 0. The van der Waals surface area contributed by atoms with E-state index < -0.39 is 0 Å². The standard InChI is InChI=1S/C11H6ClN/c1-13-11-7-6-10(12)8-4-2-3-5-9(8)11/h2-7H. The Morgan fingerprint density at radius 3 is 2.38 bits per heavy atom. The Morgan fingerprint density at radius 2 is 1.69 bits per heavy atom. The van der Waals surface area contributed by atoms with Crippen LogP contribution in [0.25, 0.3) is 15.6 Å². The highest BCUT2D eigenvalue weighted by Crippen LogP contribution is 2.31. The monoisotopic (exact) mass is 187 g/mol. The smallest absolute Gasteiger partial charge is 0.195 e. The first kappa shape index (κ1) is 8.10. The molecule has 0 aliphatic rings. The van der Waals surface area contributed by atoms with Gasteiger partial charge in [-0.05, 0) is 10.8 Å². The first-order valence-electron chi connectivity index (χ1n) is 3.87. The first-order valence-corrected chi connectivity index (χ1v) is 4.25. The third-order valence-electron chi connectivity index (χ3n) is 1.97. The lowest BCUT2D eigenvalue weighted by atomic mass is 10.1. The molecule has 2 aromatic carbocycles. The number of fused-ring (bicyclic) bond motifs is 1. The molecule has 0 spiro atoms. The molecule has 0 atom stereocenters. The maximum atomic E-state index is 6.98. The van der Waals surface area contributed by atoms with Crippen molar-refractivity contribution in [1.29, 1.82) is 0 Å². The summed E-state index contributed by atoms with van der Waals surface area (Å²) < 4.78 is 0.